The van der Waals surface area contributed by atoms with Gasteiger partial charge in [0, 0.05) is 63.2 Å². The summed E-state index contributed by atoms with van der Waals surface area (Å²) < 4.78 is 0. The van der Waals surface area contributed by atoms with E-state index < -0.39 is 0 Å². The highest BCUT2D eigenvalue weighted by molar-refractivity contribution is 6.42. The Morgan fingerprint density at radius 1 is 1.05 bits per heavy atom. The Bertz CT molecular complexity index is 1060. The van der Waals surface area contributed by atoms with E-state index in [0.717, 1.165) is 63.8 Å². The molecule has 2 aliphatic heterocycles. The smallest absolute Gasteiger partial charge is 0.242 e. The van der Waals surface area contributed by atoms with Gasteiger partial charge in [-0.05, 0) is 49.8 Å². The molecule has 4 aliphatic rings. The number of amides is 3. The van der Waals surface area contributed by atoms with E-state index in [2.05, 4.69) is 10.2 Å². The summed E-state index contributed by atoms with van der Waals surface area (Å²) in [5.74, 6) is 0.156. The summed E-state index contributed by atoms with van der Waals surface area (Å²) in [6.45, 7) is 3.99. The summed E-state index contributed by atoms with van der Waals surface area (Å²) in [5.41, 5.74) is 0.881. The molecular weight excluding hydrogens is 549 g/mol. The van der Waals surface area contributed by atoms with Gasteiger partial charge < -0.3 is 14.7 Å². The lowest BCUT2D eigenvalue weighted by molar-refractivity contribution is -0.148. The summed E-state index contributed by atoms with van der Waals surface area (Å²) in [6.07, 6.45) is 4.36. The van der Waals surface area contributed by atoms with Crippen molar-refractivity contribution in [3.8, 4) is 0 Å². The zero-order valence-corrected chi connectivity index (χ0v) is 24.0. The Balaban J connectivity index is 1.11. The number of piperazine rings is 1. The predicted molar refractivity (Wildman–Crippen MR) is 148 cm³/mol. The van der Waals surface area contributed by atoms with Gasteiger partial charge in [-0.25, -0.2) is 0 Å². The lowest BCUT2D eigenvalue weighted by Gasteiger charge is -2.48. The van der Waals surface area contributed by atoms with Crippen molar-refractivity contribution in [2.45, 2.75) is 56.1 Å². The van der Waals surface area contributed by atoms with Gasteiger partial charge in [0.15, 0.2) is 0 Å². The van der Waals surface area contributed by atoms with Crippen LogP contribution in [-0.2, 0) is 20.9 Å². The molecule has 2 saturated heterocycles. The maximum atomic E-state index is 13.5. The van der Waals surface area contributed by atoms with Gasteiger partial charge in [0.1, 0.15) is 6.54 Å². The zero-order chi connectivity index (χ0) is 27.0. The van der Waals surface area contributed by atoms with Gasteiger partial charge in [0.05, 0.1) is 22.6 Å². The van der Waals surface area contributed by atoms with E-state index in [4.69, 9.17) is 34.8 Å². The first-order chi connectivity index (χ1) is 18.2. The highest BCUT2D eigenvalue weighted by atomic mass is 35.5. The first kappa shape index (κ1) is 28.0. The molecule has 2 heterocycles. The van der Waals surface area contributed by atoms with Crippen molar-refractivity contribution in [1.82, 2.24) is 24.9 Å². The normalized spacial score (nSPS) is 30.0. The molecule has 11 heteroatoms. The third-order valence-corrected chi connectivity index (χ3v) is 9.82. The molecule has 4 fully saturated rings. The molecule has 8 nitrogen and oxygen atoms in total. The molecule has 0 radical (unpaired) electrons. The molecule has 0 spiro atoms. The van der Waals surface area contributed by atoms with E-state index in [-0.39, 0.29) is 47.5 Å². The Morgan fingerprint density at radius 3 is 2.47 bits per heavy atom. The van der Waals surface area contributed by atoms with Crippen LogP contribution < -0.4 is 5.32 Å². The third kappa shape index (κ3) is 6.09. The van der Waals surface area contributed by atoms with Crippen LogP contribution in [0.25, 0.3) is 0 Å². The Labute approximate surface area is 239 Å². The van der Waals surface area contributed by atoms with Gasteiger partial charge in [-0.3, -0.25) is 24.6 Å². The topological polar surface area (TPSA) is 76.2 Å². The number of nitrogens with zero attached hydrogens (tertiary/aromatic N) is 4. The van der Waals surface area contributed by atoms with Gasteiger partial charge in [-0.15, -0.1) is 11.6 Å². The second-order valence-electron chi connectivity index (χ2n) is 11.2. The second-order valence-corrected chi connectivity index (χ2v) is 12.6. The predicted octanol–water partition coefficient (Wildman–Crippen LogP) is 3.04. The van der Waals surface area contributed by atoms with Crippen LogP contribution in [0.1, 0.15) is 37.7 Å². The fourth-order valence-corrected chi connectivity index (χ4v) is 7.02. The number of hydrogen-bond acceptors (Lipinski definition) is 5. The number of carbonyl (C=O) groups is 3. The molecule has 1 N–H and O–H groups in total. The number of rotatable bonds is 6. The fourth-order valence-electron chi connectivity index (χ4n) is 6.27. The van der Waals surface area contributed by atoms with Crippen LogP contribution in [0.4, 0.5) is 0 Å². The van der Waals surface area contributed by atoms with Gasteiger partial charge in [0.25, 0.3) is 0 Å². The molecule has 1 aromatic rings. The monoisotopic (exact) mass is 583 g/mol. The van der Waals surface area contributed by atoms with Crippen molar-refractivity contribution in [2.24, 2.45) is 11.8 Å². The Hall–Kier alpha value is -1.58. The summed E-state index contributed by atoms with van der Waals surface area (Å²) in [6, 6.07) is 5.80. The third-order valence-electron chi connectivity index (χ3n) is 8.72. The lowest BCUT2D eigenvalue weighted by Crippen LogP contribution is -2.62. The van der Waals surface area contributed by atoms with Crippen LogP contribution in [-0.4, -0.2) is 101 Å². The first-order valence-corrected chi connectivity index (χ1v) is 14.8. The number of alkyl halides is 1. The van der Waals surface area contributed by atoms with Crippen molar-refractivity contribution in [3.63, 3.8) is 0 Å². The van der Waals surface area contributed by atoms with Gasteiger partial charge in [-0.1, -0.05) is 29.3 Å². The van der Waals surface area contributed by atoms with E-state index in [1.807, 2.05) is 11.0 Å². The molecule has 5 rings (SSSR count). The van der Waals surface area contributed by atoms with Crippen molar-refractivity contribution in [3.05, 3.63) is 33.8 Å². The maximum absolute atomic E-state index is 13.5. The lowest BCUT2D eigenvalue weighted by atomic mass is 9.79. The van der Waals surface area contributed by atoms with Crippen LogP contribution in [0.3, 0.4) is 0 Å². The van der Waals surface area contributed by atoms with E-state index in [1.165, 1.54) is 0 Å². The maximum Gasteiger partial charge on any atom is 0.242 e. The minimum atomic E-state index is -0.133. The quantitative estimate of drug-likeness (QED) is 0.521. The minimum absolute atomic E-state index is 0.0443. The van der Waals surface area contributed by atoms with E-state index in [9.17, 15) is 14.4 Å². The minimum Gasteiger partial charge on any atom is -0.340 e. The van der Waals surface area contributed by atoms with E-state index >= 15 is 0 Å². The van der Waals surface area contributed by atoms with Gasteiger partial charge in [-0.2, -0.15) is 0 Å². The van der Waals surface area contributed by atoms with E-state index in [1.54, 1.807) is 29.0 Å². The standard InChI is InChI=1S/C27H36Cl3N5O3/c1-32(14-17-2-4-22(29)23(30)10-17)25(36)15-35-16-31-24-5-3-20(13-21(24)27(35)38)33-6-8-34(9-7-33)26(37)18-11-19(28)12-18/h2,4,10,18-21,24,31H,3,5-9,11-16H2,1H3. The molecule has 3 unspecified atom stereocenters. The number of nitrogens with one attached hydrogen (secondary N) is 1. The Morgan fingerprint density at radius 2 is 1.79 bits per heavy atom. The molecule has 0 bridgehead atoms. The molecule has 2 saturated carbocycles. The fraction of sp³-hybridized carbons (Fsp3) is 0.667. The number of likely N-dealkylation sites (N-methyl/N-ethyl adjacent to an activating group) is 1. The summed E-state index contributed by atoms with van der Waals surface area (Å²) in [5, 5.41) is 4.58. The molecule has 38 heavy (non-hydrogen) atoms. The molecule has 3 amide bonds. The van der Waals surface area contributed by atoms with E-state index in [0.29, 0.717) is 29.3 Å². The van der Waals surface area contributed by atoms with Crippen molar-refractivity contribution in [1.29, 1.82) is 0 Å². The first-order valence-electron chi connectivity index (χ1n) is 13.6. The van der Waals surface area contributed by atoms with Crippen molar-refractivity contribution < 1.29 is 14.4 Å². The number of carbonyl (C=O) groups excluding carboxylic acids is 3. The van der Waals surface area contributed by atoms with Crippen LogP contribution in [0.5, 0.6) is 0 Å². The zero-order valence-electron chi connectivity index (χ0n) is 21.8. The number of halogens is 3. The highest BCUT2D eigenvalue weighted by Crippen LogP contribution is 2.35. The SMILES string of the molecule is CN(Cc1ccc(Cl)c(Cl)c1)C(=O)CN1CNC2CCC(N3CCN(C(=O)C4CC(Cl)C4)CC3)CC2C1=O. The van der Waals surface area contributed by atoms with Crippen LogP contribution >= 0.6 is 34.8 Å². The van der Waals surface area contributed by atoms with Crippen LogP contribution in [0.2, 0.25) is 10.0 Å². The summed E-state index contributed by atoms with van der Waals surface area (Å²) in [7, 11) is 1.73. The van der Waals surface area contributed by atoms with Gasteiger partial charge in [0.2, 0.25) is 17.7 Å². The second kappa shape index (κ2) is 11.9. The number of hydrogen-bond donors (Lipinski definition) is 1. The summed E-state index contributed by atoms with van der Waals surface area (Å²) >= 11 is 18.2. The van der Waals surface area contributed by atoms with Gasteiger partial charge >= 0.3 is 0 Å². The van der Waals surface area contributed by atoms with Crippen LogP contribution in [0.15, 0.2) is 18.2 Å². The van der Waals surface area contributed by atoms with Crippen LogP contribution in [0, 0.1) is 11.8 Å². The molecule has 3 atom stereocenters. The van der Waals surface area contributed by atoms with Crippen molar-refractivity contribution >= 4 is 52.5 Å². The molecule has 1 aromatic carbocycles. The highest BCUT2D eigenvalue weighted by Gasteiger charge is 2.43. The molecule has 208 valence electrons. The van der Waals surface area contributed by atoms with Crippen molar-refractivity contribution in [2.75, 3.05) is 46.4 Å². The Kier molecular flexibility index (Phi) is 8.75. The molecular formula is C27H36Cl3N5O3. The average Bonchev–Trinajstić information content (AvgIpc) is 2.90. The average molecular weight is 585 g/mol. The molecule has 2 aliphatic carbocycles. The largest absolute Gasteiger partial charge is 0.340 e. The number of fused-ring (bicyclic) bond motifs is 1. The molecule has 0 aromatic heterocycles. The summed E-state index contributed by atoms with van der Waals surface area (Å²) in [4.78, 5) is 46.8. The number of benzene rings is 1.